The SMILES string of the molecule is Cl.Cl.OC[C@H](CC1CCCCC1)NCc1ccc(-c2ccc3nc[nH]c3c2)cc1Cl. The van der Waals surface area contributed by atoms with E-state index >= 15 is 0 Å². The van der Waals surface area contributed by atoms with Gasteiger partial charge in [-0.1, -0.05) is 61.9 Å². The molecule has 0 amide bonds. The minimum absolute atomic E-state index is 0. The van der Waals surface area contributed by atoms with Crippen LogP contribution in [0.4, 0.5) is 0 Å². The van der Waals surface area contributed by atoms with Gasteiger partial charge >= 0.3 is 0 Å². The number of rotatable bonds is 7. The maximum absolute atomic E-state index is 9.76. The van der Waals surface area contributed by atoms with Gasteiger partial charge in [-0.25, -0.2) is 4.98 Å². The Morgan fingerprint density at radius 2 is 1.80 bits per heavy atom. The van der Waals surface area contributed by atoms with E-state index in [2.05, 4.69) is 39.6 Å². The maximum Gasteiger partial charge on any atom is 0.0931 e. The summed E-state index contributed by atoms with van der Waals surface area (Å²) in [6, 6.07) is 12.5. The first-order chi connectivity index (χ1) is 13.7. The number of aromatic amines is 1. The number of aliphatic hydroxyl groups excluding tert-OH is 1. The van der Waals surface area contributed by atoms with Gasteiger partial charge in [0.2, 0.25) is 0 Å². The number of aliphatic hydroxyl groups is 1. The molecule has 0 radical (unpaired) electrons. The number of benzene rings is 2. The molecule has 4 rings (SSSR count). The van der Waals surface area contributed by atoms with Crippen LogP contribution < -0.4 is 5.32 Å². The lowest BCUT2D eigenvalue weighted by molar-refractivity contribution is 0.203. The van der Waals surface area contributed by atoms with Crippen molar-refractivity contribution in [1.29, 1.82) is 0 Å². The largest absolute Gasteiger partial charge is 0.395 e. The summed E-state index contributed by atoms with van der Waals surface area (Å²) in [4.78, 5) is 7.42. The molecule has 1 atom stereocenters. The van der Waals surface area contributed by atoms with Crippen molar-refractivity contribution in [3.05, 3.63) is 53.3 Å². The van der Waals surface area contributed by atoms with Crippen molar-refractivity contribution in [3.8, 4) is 11.1 Å². The van der Waals surface area contributed by atoms with E-state index in [4.69, 9.17) is 11.6 Å². The van der Waals surface area contributed by atoms with Gasteiger partial charge < -0.3 is 15.4 Å². The highest BCUT2D eigenvalue weighted by molar-refractivity contribution is 6.31. The van der Waals surface area contributed by atoms with Gasteiger partial charge in [0.15, 0.2) is 0 Å². The van der Waals surface area contributed by atoms with Crippen molar-refractivity contribution < 1.29 is 5.11 Å². The number of nitrogens with zero attached hydrogens (tertiary/aromatic N) is 1. The highest BCUT2D eigenvalue weighted by Crippen LogP contribution is 2.29. The van der Waals surface area contributed by atoms with Crippen LogP contribution in [0.5, 0.6) is 0 Å². The van der Waals surface area contributed by atoms with Gasteiger partial charge in [-0.3, -0.25) is 0 Å². The summed E-state index contributed by atoms with van der Waals surface area (Å²) in [7, 11) is 0. The van der Waals surface area contributed by atoms with E-state index in [1.54, 1.807) is 6.33 Å². The number of nitrogens with one attached hydrogen (secondary N) is 2. The summed E-state index contributed by atoms with van der Waals surface area (Å²) in [5.74, 6) is 0.744. The van der Waals surface area contributed by atoms with E-state index in [1.165, 1.54) is 32.1 Å². The summed E-state index contributed by atoms with van der Waals surface area (Å²) in [5, 5.41) is 14.0. The topological polar surface area (TPSA) is 60.9 Å². The molecule has 3 aromatic rings. The zero-order valence-corrected chi connectivity index (χ0v) is 19.3. The molecule has 4 nitrogen and oxygen atoms in total. The number of hydrogen-bond acceptors (Lipinski definition) is 3. The molecule has 0 saturated heterocycles. The molecule has 0 spiro atoms. The molecule has 1 saturated carbocycles. The van der Waals surface area contributed by atoms with Gasteiger partial charge in [-0.05, 0) is 47.2 Å². The molecule has 1 fully saturated rings. The molecule has 2 aromatic carbocycles. The van der Waals surface area contributed by atoms with Crippen LogP contribution in [0.15, 0.2) is 42.7 Å². The molecule has 0 bridgehead atoms. The molecule has 30 heavy (non-hydrogen) atoms. The Balaban J connectivity index is 0.00000160. The summed E-state index contributed by atoms with van der Waals surface area (Å²) in [5.41, 5.74) is 5.25. The van der Waals surface area contributed by atoms with E-state index in [9.17, 15) is 5.11 Å². The van der Waals surface area contributed by atoms with E-state index in [0.29, 0.717) is 6.54 Å². The van der Waals surface area contributed by atoms with Crippen LogP contribution in [0.1, 0.15) is 44.1 Å². The van der Waals surface area contributed by atoms with Crippen LogP contribution in [0.25, 0.3) is 22.2 Å². The van der Waals surface area contributed by atoms with Crippen LogP contribution in [0.2, 0.25) is 5.02 Å². The molecule has 0 aliphatic heterocycles. The lowest BCUT2D eigenvalue weighted by Gasteiger charge is -2.26. The van der Waals surface area contributed by atoms with Gasteiger partial charge in [0.1, 0.15) is 0 Å². The van der Waals surface area contributed by atoms with Gasteiger partial charge in [-0.15, -0.1) is 24.8 Å². The van der Waals surface area contributed by atoms with Crippen molar-refractivity contribution in [3.63, 3.8) is 0 Å². The monoisotopic (exact) mass is 469 g/mol. The van der Waals surface area contributed by atoms with Crippen LogP contribution in [-0.4, -0.2) is 27.7 Å². The fourth-order valence-electron chi connectivity index (χ4n) is 4.29. The normalized spacial score (nSPS) is 15.4. The average molecular weight is 471 g/mol. The highest BCUT2D eigenvalue weighted by Gasteiger charge is 2.18. The fourth-order valence-corrected chi connectivity index (χ4v) is 4.53. The molecule has 1 aromatic heterocycles. The highest BCUT2D eigenvalue weighted by atomic mass is 35.5. The van der Waals surface area contributed by atoms with E-state index in [0.717, 1.165) is 45.1 Å². The predicted molar refractivity (Wildman–Crippen MR) is 130 cm³/mol. The third-order valence-corrected chi connectivity index (χ3v) is 6.30. The number of halogens is 3. The molecule has 1 aliphatic rings. The molecular weight excluding hydrogens is 441 g/mol. The Labute approximate surface area is 195 Å². The Bertz CT molecular complexity index is 925. The third-order valence-electron chi connectivity index (χ3n) is 5.95. The first-order valence-corrected chi connectivity index (χ1v) is 10.7. The molecule has 1 heterocycles. The van der Waals surface area contributed by atoms with Crippen molar-refractivity contribution in [2.75, 3.05) is 6.61 Å². The van der Waals surface area contributed by atoms with Crippen LogP contribution in [0.3, 0.4) is 0 Å². The smallest absolute Gasteiger partial charge is 0.0931 e. The Kier molecular flexibility index (Phi) is 9.92. The molecular formula is C23H30Cl3N3O. The van der Waals surface area contributed by atoms with Crippen molar-refractivity contribution >= 4 is 47.4 Å². The van der Waals surface area contributed by atoms with Crippen molar-refractivity contribution in [1.82, 2.24) is 15.3 Å². The predicted octanol–water partition coefficient (Wildman–Crippen LogP) is 6.15. The number of imidazole rings is 1. The maximum atomic E-state index is 9.76. The molecule has 7 heteroatoms. The minimum Gasteiger partial charge on any atom is -0.395 e. The van der Waals surface area contributed by atoms with Gasteiger partial charge in [0.05, 0.1) is 24.0 Å². The Hall–Kier alpha value is -1.30. The molecule has 1 aliphatic carbocycles. The van der Waals surface area contributed by atoms with Gasteiger partial charge in [-0.2, -0.15) is 0 Å². The average Bonchev–Trinajstić information content (AvgIpc) is 3.20. The Morgan fingerprint density at radius 3 is 2.53 bits per heavy atom. The third kappa shape index (κ3) is 6.12. The van der Waals surface area contributed by atoms with E-state index in [1.807, 2.05) is 12.1 Å². The number of hydrogen-bond donors (Lipinski definition) is 3. The number of fused-ring (bicyclic) bond motifs is 1. The summed E-state index contributed by atoms with van der Waals surface area (Å²) in [6.45, 7) is 0.854. The fraction of sp³-hybridized carbons (Fsp3) is 0.435. The van der Waals surface area contributed by atoms with Crippen LogP contribution >= 0.6 is 36.4 Å². The second-order valence-electron chi connectivity index (χ2n) is 7.94. The standard InChI is InChI=1S/C23H28ClN3O.2ClH/c24-21-11-17(18-8-9-22-23(12-18)27-15-26-22)6-7-19(21)13-25-20(14-28)10-16-4-2-1-3-5-16;;/h6-9,11-12,15-16,20,25,28H,1-5,10,13-14H2,(H,26,27);2*1H/t20-;;/m0../s1. The summed E-state index contributed by atoms with van der Waals surface area (Å²) < 4.78 is 0. The number of H-pyrrole nitrogens is 1. The van der Waals surface area contributed by atoms with Crippen LogP contribution in [-0.2, 0) is 6.54 Å². The molecule has 0 unspecified atom stereocenters. The summed E-state index contributed by atoms with van der Waals surface area (Å²) in [6.07, 6.45) is 9.39. The zero-order valence-electron chi connectivity index (χ0n) is 16.9. The quantitative estimate of drug-likeness (QED) is 0.388. The van der Waals surface area contributed by atoms with Crippen LogP contribution in [0, 0.1) is 5.92 Å². The first-order valence-electron chi connectivity index (χ1n) is 10.3. The summed E-state index contributed by atoms with van der Waals surface area (Å²) >= 11 is 6.57. The van der Waals surface area contributed by atoms with E-state index < -0.39 is 0 Å². The second kappa shape index (κ2) is 11.9. The zero-order chi connectivity index (χ0) is 19.3. The van der Waals surface area contributed by atoms with Gasteiger partial charge in [0, 0.05) is 17.6 Å². The second-order valence-corrected chi connectivity index (χ2v) is 8.35. The Morgan fingerprint density at radius 1 is 1.07 bits per heavy atom. The lowest BCUT2D eigenvalue weighted by atomic mass is 9.85. The van der Waals surface area contributed by atoms with Gasteiger partial charge in [0.25, 0.3) is 0 Å². The molecule has 164 valence electrons. The van der Waals surface area contributed by atoms with Crippen molar-refractivity contribution in [2.45, 2.75) is 51.1 Å². The van der Waals surface area contributed by atoms with E-state index in [-0.39, 0.29) is 37.5 Å². The number of aromatic nitrogens is 2. The molecule has 3 N–H and O–H groups in total. The van der Waals surface area contributed by atoms with Crippen molar-refractivity contribution in [2.24, 2.45) is 5.92 Å². The minimum atomic E-state index is 0. The lowest BCUT2D eigenvalue weighted by Crippen LogP contribution is -2.34. The first kappa shape index (κ1) is 25.0.